The summed E-state index contributed by atoms with van der Waals surface area (Å²) in [7, 11) is 0. The smallest absolute Gasteiger partial charge is 0.335 e. The minimum absolute atomic E-state index is 0.0111. The summed E-state index contributed by atoms with van der Waals surface area (Å²) in [6.45, 7) is 6.18. The van der Waals surface area contributed by atoms with E-state index in [1.165, 1.54) is 36.4 Å². The molecular formula is C26H27N3O7. The topological polar surface area (TPSA) is 159 Å². The zero-order valence-corrected chi connectivity index (χ0v) is 19.6. The number of nitro benzene ring substituents is 1. The maximum atomic E-state index is 12.0. The molecule has 188 valence electrons. The molecule has 4 rings (SSSR count). The van der Waals surface area contributed by atoms with Gasteiger partial charge in [0.05, 0.1) is 16.1 Å². The van der Waals surface area contributed by atoms with E-state index in [0.717, 1.165) is 32.2 Å². The second kappa shape index (κ2) is 14.1. The largest absolute Gasteiger partial charge is 0.478 e. The highest BCUT2D eigenvalue weighted by atomic mass is 16.6. The number of aryl methyl sites for hydroxylation is 1. The third kappa shape index (κ3) is 8.75. The summed E-state index contributed by atoms with van der Waals surface area (Å²) in [6, 6.07) is 18.4. The Morgan fingerprint density at radius 1 is 0.750 bits per heavy atom. The van der Waals surface area contributed by atoms with Gasteiger partial charge in [0.25, 0.3) is 5.69 Å². The lowest BCUT2D eigenvalue weighted by atomic mass is 10.0. The highest BCUT2D eigenvalue weighted by Crippen LogP contribution is 2.15. The Kier molecular flexibility index (Phi) is 10.9. The number of carbonyl (C=O) groups is 3. The van der Waals surface area contributed by atoms with Crippen LogP contribution in [0.2, 0.25) is 0 Å². The van der Waals surface area contributed by atoms with Crippen LogP contribution in [0.3, 0.4) is 0 Å². The summed E-state index contributed by atoms with van der Waals surface area (Å²) in [5.41, 5.74) is 1.57. The summed E-state index contributed by atoms with van der Waals surface area (Å²) in [5.74, 6) is -2.37. The SMILES string of the molecule is C1CNCCN1.Cc1ccc(C(=O)O)cc1C(=O)O.O=C(c1ccccc1)c1ccc([N+](=O)[O-])cc1. The van der Waals surface area contributed by atoms with Crippen LogP contribution >= 0.6 is 0 Å². The standard InChI is InChI=1S/C13H9NO3.C9H8O4.C4H10N2/c15-13(10-4-2-1-3-5-10)11-6-8-12(9-7-11)14(16)17;1-5-2-3-6(8(10)11)4-7(5)9(12)13;1-2-6-4-3-5-1/h1-9H;2-4H,1H3,(H,10,11)(H,12,13);5-6H,1-4H2. The van der Waals surface area contributed by atoms with E-state index in [2.05, 4.69) is 10.6 Å². The van der Waals surface area contributed by atoms with Gasteiger partial charge in [-0.05, 0) is 36.8 Å². The minimum Gasteiger partial charge on any atom is -0.478 e. The Hall–Kier alpha value is -4.41. The Bertz CT molecular complexity index is 1180. The van der Waals surface area contributed by atoms with Crippen LogP contribution in [0.15, 0.2) is 72.8 Å². The molecule has 1 saturated heterocycles. The number of nitro groups is 1. The van der Waals surface area contributed by atoms with Gasteiger partial charge in [-0.15, -0.1) is 0 Å². The van der Waals surface area contributed by atoms with E-state index in [0.29, 0.717) is 16.7 Å². The number of carboxylic acid groups (broad SMARTS) is 2. The monoisotopic (exact) mass is 493 g/mol. The normalized spacial score (nSPS) is 12.1. The van der Waals surface area contributed by atoms with Crippen molar-refractivity contribution in [2.45, 2.75) is 6.92 Å². The number of nitrogens with one attached hydrogen (secondary N) is 2. The van der Waals surface area contributed by atoms with E-state index >= 15 is 0 Å². The molecule has 1 fully saturated rings. The molecule has 0 saturated carbocycles. The average molecular weight is 494 g/mol. The molecule has 0 unspecified atom stereocenters. The van der Waals surface area contributed by atoms with E-state index < -0.39 is 16.9 Å². The van der Waals surface area contributed by atoms with Crippen LogP contribution in [0.1, 0.15) is 42.2 Å². The van der Waals surface area contributed by atoms with Gasteiger partial charge in [-0.3, -0.25) is 14.9 Å². The highest BCUT2D eigenvalue weighted by Gasteiger charge is 2.11. The molecule has 10 nitrogen and oxygen atoms in total. The molecule has 1 heterocycles. The second-order valence-electron chi connectivity index (χ2n) is 7.64. The summed E-state index contributed by atoms with van der Waals surface area (Å²) >= 11 is 0. The average Bonchev–Trinajstić information content (AvgIpc) is 2.90. The van der Waals surface area contributed by atoms with Crippen molar-refractivity contribution in [2.24, 2.45) is 0 Å². The number of non-ortho nitro benzene ring substituents is 1. The highest BCUT2D eigenvalue weighted by molar-refractivity contribution is 6.09. The van der Waals surface area contributed by atoms with Crippen LogP contribution < -0.4 is 10.6 Å². The predicted molar refractivity (Wildman–Crippen MR) is 134 cm³/mol. The number of rotatable bonds is 5. The third-order valence-corrected chi connectivity index (χ3v) is 5.05. The summed E-state index contributed by atoms with van der Waals surface area (Å²) in [5, 5.41) is 34.2. The van der Waals surface area contributed by atoms with Crippen molar-refractivity contribution in [1.29, 1.82) is 0 Å². The third-order valence-electron chi connectivity index (χ3n) is 5.05. The summed E-state index contributed by atoms with van der Waals surface area (Å²) in [4.78, 5) is 43.0. The lowest BCUT2D eigenvalue weighted by Gasteiger charge is -2.11. The maximum Gasteiger partial charge on any atom is 0.335 e. The van der Waals surface area contributed by atoms with E-state index in [1.807, 2.05) is 6.07 Å². The summed E-state index contributed by atoms with van der Waals surface area (Å²) < 4.78 is 0. The first-order valence-corrected chi connectivity index (χ1v) is 11.0. The van der Waals surface area contributed by atoms with Crippen molar-refractivity contribution < 1.29 is 29.5 Å². The quantitative estimate of drug-likeness (QED) is 0.237. The summed E-state index contributed by atoms with van der Waals surface area (Å²) in [6.07, 6.45) is 0. The van der Waals surface area contributed by atoms with Crippen LogP contribution in [-0.2, 0) is 0 Å². The molecule has 0 spiro atoms. The van der Waals surface area contributed by atoms with Crippen LogP contribution in [0.25, 0.3) is 0 Å². The van der Waals surface area contributed by atoms with Gasteiger partial charge >= 0.3 is 11.9 Å². The van der Waals surface area contributed by atoms with Crippen molar-refractivity contribution in [3.63, 3.8) is 0 Å². The Morgan fingerprint density at radius 2 is 1.25 bits per heavy atom. The first kappa shape index (κ1) is 27.8. The Labute approximate surface area is 207 Å². The first-order valence-electron chi connectivity index (χ1n) is 11.0. The molecule has 0 amide bonds. The van der Waals surface area contributed by atoms with Crippen molar-refractivity contribution >= 4 is 23.4 Å². The van der Waals surface area contributed by atoms with Gasteiger partial charge in [-0.1, -0.05) is 36.4 Å². The number of carboxylic acids is 2. The number of carbonyl (C=O) groups excluding carboxylic acids is 1. The molecule has 3 aromatic carbocycles. The molecule has 0 atom stereocenters. The molecule has 10 heteroatoms. The minimum atomic E-state index is -1.12. The fraction of sp³-hybridized carbons (Fsp3) is 0.192. The maximum absolute atomic E-state index is 12.0. The van der Waals surface area contributed by atoms with Gasteiger partial charge in [0, 0.05) is 49.4 Å². The molecule has 0 aromatic heterocycles. The van der Waals surface area contributed by atoms with Crippen LogP contribution in [-0.4, -0.2) is 59.0 Å². The van der Waals surface area contributed by atoms with Gasteiger partial charge in [0.1, 0.15) is 0 Å². The molecule has 1 aliphatic rings. The molecule has 1 aliphatic heterocycles. The zero-order chi connectivity index (χ0) is 26.5. The van der Waals surface area contributed by atoms with E-state index in [4.69, 9.17) is 10.2 Å². The van der Waals surface area contributed by atoms with Gasteiger partial charge in [0.2, 0.25) is 0 Å². The van der Waals surface area contributed by atoms with Gasteiger partial charge in [-0.2, -0.15) is 0 Å². The number of nitrogens with zero attached hydrogens (tertiary/aromatic N) is 1. The fourth-order valence-electron chi connectivity index (χ4n) is 3.08. The van der Waals surface area contributed by atoms with E-state index in [9.17, 15) is 24.5 Å². The number of piperazine rings is 1. The Balaban J connectivity index is 0.000000211. The first-order chi connectivity index (χ1) is 17.2. The zero-order valence-electron chi connectivity index (χ0n) is 19.6. The number of hydrogen-bond acceptors (Lipinski definition) is 7. The molecule has 4 N–H and O–H groups in total. The second-order valence-corrected chi connectivity index (χ2v) is 7.64. The van der Waals surface area contributed by atoms with Crippen molar-refractivity contribution in [3.8, 4) is 0 Å². The van der Waals surface area contributed by atoms with E-state index in [1.54, 1.807) is 31.2 Å². The van der Waals surface area contributed by atoms with Crippen molar-refractivity contribution in [1.82, 2.24) is 10.6 Å². The molecule has 3 aromatic rings. The molecule has 0 bridgehead atoms. The van der Waals surface area contributed by atoms with Gasteiger partial charge in [0.15, 0.2) is 5.78 Å². The molecular weight excluding hydrogens is 466 g/mol. The van der Waals surface area contributed by atoms with Crippen LogP contribution in [0.4, 0.5) is 5.69 Å². The predicted octanol–water partition coefficient (Wildman–Crippen LogP) is 3.40. The fourth-order valence-corrected chi connectivity index (χ4v) is 3.08. The van der Waals surface area contributed by atoms with Gasteiger partial charge in [-0.25, -0.2) is 9.59 Å². The molecule has 0 aliphatic carbocycles. The van der Waals surface area contributed by atoms with Gasteiger partial charge < -0.3 is 20.8 Å². The number of hydrogen-bond donors (Lipinski definition) is 4. The lowest BCUT2D eigenvalue weighted by Crippen LogP contribution is -2.39. The molecule has 0 radical (unpaired) electrons. The van der Waals surface area contributed by atoms with E-state index in [-0.39, 0.29) is 22.6 Å². The lowest BCUT2D eigenvalue weighted by molar-refractivity contribution is -0.384. The molecule has 36 heavy (non-hydrogen) atoms. The Morgan fingerprint density at radius 3 is 1.69 bits per heavy atom. The number of benzene rings is 3. The number of ketones is 1. The van der Waals surface area contributed by atoms with Crippen LogP contribution in [0, 0.1) is 17.0 Å². The van der Waals surface area contributed by atoms with Crippen molar-refractivity contribution in [2.75, 3.05) is 26.2 Å². The number of aromatic carboxylic acids is 2. The van der Waals surface area contributed by atoms with Crippen molar-refractivity contribution in [3.05, 3.63) is 111 Å². The van der Waals surface area contributed by atoms with Crippen LogP contribution in [0.5, 0.6) is 0 Å².